The van der Waals surface area contributed by atoms with Crippen LogP contribution >= 0.6 is 0 Å². The Hall–Kier alpha value is -2.66. The van der Waals surface area contributed by atoms with Crippen molar-refractivity contribution in [1.82, 2.24) is 10.2 Å². The largest absolute Gasteiger partial charge is 0.368 e. The molecule has 3 aliphatic rings. The van der Waals surface area contributed by atoms with Gasteiger partial charge in [0, 0.05) is 55.5 Å². The zero-order valence-corrected chi connectivity index (χ0v) is 21.0. The van der Waals surface area contributed by atoms with Crippen LogP contribution in [0.1, 0.15) is 68.8 Å². The minimum absolute atomic E-state index is 0.0893. The Bertz CT molecular complexity index is 1010. The average Bonchev–Trinajstić information content (AvgIpc) is 2.83. The fourth-order valence-corrected chi connectivity index (χ4v) is 5.68. The topological polar surface area (TPSA) is 52.6 Å². The van der Waals surface area contributed by atoms with Crippen LogP contribution in [0.4, 0.5) is 5.69 Å². The zero-order valence-electron chi connectivity index (χ0n) is 21.0. The third-order valence-corrected chi connectivity index (χ3v) is 7.57. The molecular formula is C29H39N3O2. The molecule has 1 N–H and O–H groups in total. The van der Waals surface area contributed by atoms with E-state index in [1.807, 2.05) is 19.1 Å². The number of amides is 1. The summed E-state index contributed by atoms with van der Waals surface area (Å²) in [5.74, 6) is 0.0505. The van der Waals surface area contributed by atoms with E-state index in [9.17, 15) is 9.59 Å². The van der Waals surface area contributed by atoms with Crippen molar-refractivity contribution in [2.24, 2.45) is 0 Å². The summed E-state index contributed by atoms with van der Waals surface area (Å²) in [5, 5.41) is 3.08. The number of Topliss-reactive ketones (excluding diaryl/α,β-unsaturated/α-hetero) is 1. The minimum atomic E-state index is -0.0893. The molecule has 2 aliphatic heterocycles. The summed E-state index contributed by atoms with van der Waals surface area (Å²) in [6, 6.07) is 6.62. The Morgan fingerprint density at radius 2 is 1.91 bits per heavy atom. The van der Waals surface area contributed by atoms with Gasteiger partial charge in [-0.2, -0.15) is 0 Å². The third kappa shape index (κ3) is 5.35. The number of allylic oxidation sites excluding steroid dienone is 5. The van der Waals surface area contributed by atoms with E-state index >= 15 is 0 Å². The van der Waals surface area contributed by atoms with Crippen LogP contribution in [0.3, 0.4) is 0 Å². The second-order valence-corrected chi connectivity index (χ2v) is 9.75. The molecule has 1 saturated heterocycles. The number of hydrogen-bond donors (Lipinski definition) is 1. The zero-order chi connectivity index (χ0) is 24.1. The van der Waals surface area contributed by atoms with Gasteiger partial charge in [-0.15, -0.1) is 0 Å². The molecule has 5 heteroatoms. The first kappa shape index (κ1) is 24.5. The van der Waals surface area contributed by atoms with E-state index in [1.165, 1.54) is 5.69 Å². The van der Waals surface area contributed by atoms with Gasteiger partial charge in [-0.25, -0.2) is 0 Å². The number of carbonyl (C=O) groups is 2. The number of ketones is 1. The highest BCUT2D eigenvalue weighted by Gasteiger charge is 2.27. The lowest BCUT2D eigenvalue weighted by Gasteiger charge is -2.40. The number of nitrogens with one attached hydrogen (secondary N) is 1. The summed E-state index contributed by atoms with van der Waals surface area (Å²) >= 11 is 0. The fraction of sp³-hybridized carbons (Fsp3) is 0.517. The third-order valence-electron chi connectivity index (χ3n) is 7.57. The normalized spacial score (nSPS) is 21.6. The maximum absolute atomic E-state index is 13.4. The molecule has 1 aromatic carbocycles. The van der Waals surface area contributed by atoms with Gasteiger partial charge < -0.3 is 15.1 Å². The molecule has 0 aromatic heterocycles. The first-order chi connectivity index (χ1) is 16.5. The summed E-state index contributed by atoms with van der Waals surface area (Å²) in [6.07, 6.45) is 11.8. The van der Waals surface area contributed by atoms with E-state index in [0.29, 0.717) is 19.0 Å². The van der Waals surface area contributed by atoms with Crippen LogP contribution in [0.25, 0.3) is 0 Å². The van der Waals surface area contributed by atoms with Gasteiger partial charge in [0.2, 0.25) is 0 Å². The van der Waals surface area contributed by atoms with Gasteiger partial charge in [-0.3, -0.25) is 9.59 Å². The monoisotopic (exact) mass is 461 g/mol. The number of piperidine rings is 1. The Morgan fingerprint density at radius 3 is 2.65 bits per heavy atom. The SMILES string of the molecule is CCN1CCC(N(CC)c2cccc3c2C/C=C/CCC2=C(CNC3=O)C(=O)CC(C)=C2)CC1. The second kappa shape index (κ2) is 11.2. The minimum Gasteiger partial charge on any atom is -0.368 e. The highest BCUT2D eigenvalue weighted by Crippen LogP contribution is 2.31. The molecule has 0 saturated carbocycles. The second-order valence-electron chi connectivity index (χ2n) is 9.75. The smallest absolute Gasteiger partial charge is 0.251 e. The van der Waals surface area contributed by atoms with Crippen molar-refractivity contribution in [1.29, 1.82) is 0 Å². The number of hydrogen-bond acceptors (Lipinski definition) is 4. The van der Waals surface area contributed by atoms with E-state index in [1.54, 1.807) is 0 Å². The molecule has 4 rings (SSSR count). The van der Waals surface area contributed by atoms with Gasteiger partial charge in [-0.05, 0) is 75.8 Å². The van der Waals surface area contributed by atoms with Crippen LogP contribution in [0.5, 0.6) is 0 Å². The predicted molar refractivity (Wildman–Crippen MR) is 139 cm³/mol. The standard InChI is InChI=1S/C29H39N3O2/c1-4-31-16-14-23(15-17-31)32(5-2)27-13-9-12-25-24(27)11-8-6-7-10-22-18-21(3)19-28(33)26(22)20-30-29(25)34/h6,8-9,12-13,18,23H,4-5,7,10-11,14-17,19-20H2,1-3H3,(H,30,34)/b8-6+. The van der Waals surface area contributed by atoms with E-state index < -0.39 is 0 Å². The van der Waals surface area contributed by atoms with Crippen LogP contribution in [-0.4, -0.2) is 55.4 Å². The van der Waals surface area contributed by atoms with Crippen LogP contribution in [-0.2, 0) is 11.2 Å². The molecule has 0 radical (unpaired) electrons. The molecule has 2 heterocycles. The number of rotatable bonds is 4. The molecule has 0 atom stereocenters. The van der Waals surface area contributed by atoms with Gasteiger partial charge >= 0.3 is 0 Å². The molecule has 1 aromatic rings. The quantitative estimate of drug-likeness (QED) is 0.652. The first-order valence-electron chi connectivity index (χ1n) is 13.0. The van der Waals surface area contributed by atoms with E-state index in [4.69, 9.17) is 0 Å². The number of nitrogens with zero attached hydrogens (tertiary/aromatic N) is 2. The predicted octanol–water partition coefficient (Wildman–Crippen LogP) is 4.84. The maximum atomic E-state index is 13.4. The molecule has 0 unspecified atom stereocenters. The summed E-state index contributed by atoms with van der Waals surface area (Å²) < 4.78 is 0. The lowest BCUT2D eigenvalue weighted by Crippen LogP contribution is -2.45. The highest BCUT2D eigenvalue weighted by molar-refractivity contribution is 6.02. The Morgan fingerprint density at radius 1 is 1.12 bits per heavy atom. The van der Waals surface area contributed by atoms with Crippen molar-refractivity contribution >= 4 is 17.4 Å². The van der Waals surface area contributed by atoms with Crippen molar-refractivity contribution in [3.63, 3.8) is 0 Å². The summed E-state index contributed by atoms with van der Waals surface area (Å²) in [7, 11) is 0. The van der Waals surface area contributed by atoms with Crippen molar-refractivity contribution in [3.05, 3.63) is 64.3 Å². The Kier molecular flexibility index (Phi) is 8.04. The van der Waals surface area contributed by atoms with Gasteiger partial charge in [0.15, 0.2) is 5.78 Å². The fourth-order valence-electron chi connectivity index (χ4n) is 5.68. The van der Waals surface area contributed by atoms with Crippen molar-refractivity contribution < 1.29 is 9.59 Å². The van der Waals surface area contributed by atoms with Crippen molar-refractivity contribution in [2.75, 3.05) is 37.6 Å². The van der Waals surface area contributed by atoms with Crippen LogP contribution in [0.2, 0.25) is 0 Å². The number of fused-ring (bicyclic) bond motifs is 1. The molecular weight excluding hydrogens is 422 g/mol. The number of carbonyl (C=O) groups excluding carboxylic acids is 2. The highest BCUT2D eigenvalue weighted by atomic mass is 16.2. The number of anilines is 1. The average molecular weight is 462 g/mol. The molecule has 5 nitrogen and oxygen atoms in total. The number of benzene rings is 1. The van der Waals surface area contributed by atoms with Gasteiger partial charge in [0.25, 0.3) is 5.91 Å². The van der Waals surface area contributed by atoms with Gasteiger partial charge in [0.05, 0.1) is 0 Å². The van der Waals surface area contributed by atoms with E-state index in [-0.39, 0.29) is 11.7 Å². The van der Waals surface area contributed by atoms with Gasteiger partial charge in [-0.1, -0.05) is 36.8 Å². The van der Waals surface area contributed by atoms with Gasteiger partial charge in [0.1, 0.15) is 0 Å². The summed E-state index contributed by atoms with van der Waals surface area (Å²) in [5.41, 5.74) is 5.94. The molecule has 0 spiro atoms. The molecule has 1 amide bonds. The van der Waals surface area contributed by atoms with E-state index in [2.05, 4.69) is 53.3 Å². The molecule has 182 valence electrons. The van der Waals surface area contributed by atoms with Crippen molar-refractivity contribution in [2.45, 2.75) is 65.3 Å². The summed E-state index contributed by atoms with van der Waals surface area (Å²) in [4.78, 5) is 31.1. The lowest BCUT2D eigenvalue weighted by molar-refractivity contribution is -0.115. The van der Waals surface area contributed by atoms with Crippen LogP contribution < -0.4 is 10.2 Å². The Labute approximate surface area is 204 Å². The number of likely N-dealkylation sites (tertiary alicyclic amines) is 1. The molecule has 1 aliphatic carbocycles. The summed E-state index contributed by atoms with van der Waals surface area (Å²) in [6.45, 7) is 11.1. The molecule has 0 bridgehead atoms. The van der Waals surface area contributed by atoms with E-state index in [0.717, 1.165) is 86.1 Å². The lowest BCUT2D eigenvalue weighted by atomic mass is 9.89. The molecule has 1 fully saturated rings. The van der Waals surface area contributed by atoms with Crippen LogP contribution in [0.15, 0.2) is 53.1 Å². The van der Waals surface area contributed by atoms with Crippen LogP contribution in [0, 0.1) is 0 Å². The first-order valence-corrected chi connectivity index (χ1v) is 13.0. The van der Waals surface area contributed by atoms with Crippen molar-refractivity contribution in [3.8, 4) is 0 Å². The maximum Gasteiger partial charge on any atom is 0.251 e. The Balaban J connectivity index is 1.64. The molecule has 34 heavy (non-hydrogen) atoms.